The molecule has 0 fully saturated rings. The van der Waals surface area contributed by atoms with Gasteiger partial charge in [0.15, 0.2) is 5.69 Å². The van der Waals surface area contributed by atoms with E-state index in [9.17, 15) is 0 Å². The number of hydrogen-bond donors (Lipinski definition) is 1. The molecule has 0 amide bonds. The number of H-pyrrole nitrogens is 1. The Kier molecular flexibility index (Phi) is 3.59. The van der Waals surface area contributed by atoms with Gasteiger partial charge in [0.2, 0.25) is 5.15 Å². The third kappa shape index (κ3) is 2.49. The van der Waals surface area contributed by atoms with E-state index in [1.54, 1.807) is 4.52 Å². The highest BCUT2D eigenvalue weighted by molar-refractivity contribution is 9.11. The second-order valence-corrected chi connectivity index (χ2v) is 6.09. The van der Waals surface area contributed by atoms with Crippen molar-refractivity contribution in [3.05, 3.63) is 57.8 Å². The third-order valence-electron chi connectivity index (χ3n) is 2.94. The zero-order valence-corrected chi connectivity index (χ0v) is 13.1. The van der Waals surface area contributed by atoms with Crippen molar-refractivity contribution in [2.24, 2.45) is 0 Å². The van der Waals surface area contributed by atoms with Crippen molar-refractivity contribution in [1.82, 2.24) is 10.1 Å². The number of fused-ring (bicyclic) bond motifs is 1. The first kappa shape index (κ1) is 13.3. The maximum absolute atomic E-state index is 6.32. The molecule has 5 heteroatoms. The summed E-state index contributed by atoms with van der Waals surface area (Å²) in [5.74, 6) is 0. The Balaban J connectivity index is 2.24. The van der Waals surface area contributed by atoms with E-state index in [2.05, 4.69) is 21.0 Å². The molecular weight excluding hydrogens is 338 g/mol. The lowest BCUT2D eigenvalue weighted by Gasteiger charge is -1.96. The minimum atomic E-state index is 0.598. The topological polar surface area (TPSA) is 32.8 Å². The van der Waals surface area contributed by atoms with Crippen LogP contribution in [0.3, 0.4) is 0 Å². The Morgan fingerprint density at radius 1 is 1.35 bits per heavy atom. The molecule has 3 aromatic rings. The van der Waals surface area contributed by atoms with E-state index in [0.717, 1.165) is 27.0 Å². The summed E-state index contributed by atoms with van der Waals surface area (Å²) in [7, 11) is 0. The number of allylic oxidation sites excluding steroid dienone is 1. The quantitative estimate of drug-likeness (QED) is 0.545. The molecule has 2 aromatic heterocycles. The van der Waals surface area contributed by atoms with E-state index in [0.29, 0.717) is 5.15 Å². The van der Waals surface area contributed by atoms with Crippen molar-refractivity contribution in [3.8, 4) is 11.3 Å². The normalized spacial score (nSPS) is 12.1. The smallest absolute Gasteiger partial charge is 0.229 e. The predicted molar refractivity (Wildman–Crippen MR) is 84.8 cm³/mol. The largest absolute Gasteiger partial charge is 0.357 e. The minimum Gasteiger partial charge on any atom is -0.229 e. The molecule has 0 aliphatic carbocycles. The first-order chi connectivity index (χ1) is 9.65. The molecule has 0 saturated heterocycles. The number of aromatic nitrogens is 3. The summed E-state index contributed by atoms with van der Waals surface area (Å²) < 4.78 is 2.79. The predicted octanol–water partition coefficient (Wildman–Crippen LogP) is 4.22. The Morgan fingerprint density at radius 3 is 2.80 bits per heavy atom. The molecule has 3 rings (SSSR count). The van der Waals surface area contributed by atoms with Gasteiger partial charge in [-0.05, 0) is 34.1 Å². The molecule has 3 nitrogen and oxygen atoms in total. The van der Waals surface area contributed by atoms with Crippen LogP contribution in [0, 0.1) is 0 Å². The van der Waals surface area contributed by atoms with Crippen LogP contribution >= 0.6 is 27.5 Å². The van der Waals surface area contributed by atoms with Gasteiger partial charge >= 0.3 is 5.65 Å². The van der Waals surface area contributed by atoms with Crippen LogP contribution in [-0.4, -0.2) is 10.1 Å². The van der Waals surface area contributed by atoms with E-state index in [-0.39, 0.29) is 0 Å². The summed E-state index contributed by atoms with van der Waals surface area (Å²) in [6, 6.07) is 11.9. The molecular formula is C15H12BrClN3+. The second kappa shape index (κ2) is 5.38. The molecule has 0 radical (unpaired) electrons. The van der Waals surface area contributed by atoms with Crippen molar-refractivity contribution in [2.75, 3.05) is 0 Å². The van der Waals surface area contributed by atoms with Gasteiger partial charge in [0.1, 0.15) is 0 Å². The maximum Gasteiger partial charge on any atom is 0.357 e. The van der Waals surface area contributed by atoms with Gasteiger partial charge in [0.05, 0.1) is 17.8 Å². The SMILES string of the molecule is C/C(Br)=C/c1c[nH][n+]2c(Cl)cc(-c3ccccc3)nc12. The summed E-state index contributed by atoms with van der Waals surface area (Å²) >= 11 is 9.76. The molecule has 2 heterocycles. The van der Waals surface area contributed by atoms with Crippen molar-refractivity contribution in [2.45, 2.75) is 6.92 Å². The molecule has 1 N–H and O–H groups in total. The average molecular weight is 350 g/mol. The third-order valence-corrected chi connectivity index (χ3v) is 3.45. The zero-order chi connectivity index (χ0) is 14.1. The van der Waals surface area contributed by atoms with Crippen LogP contribution in [0.15, 0.2) is 47.1 Å². The summed E-state index contributed by atoms with van der Waals surface area (Å²) in [6.07, 6.45) is 3.89. The maximum atomic E-state index is 6.32. The van der Waals surface area contributed by atoms with Crippen molar-refractivity contribution < 1.29 is 4.52 Å². The Labute approximate surface area is 130 Å². The van der Waals surface area contributed by atoms with Gasteiger partial charge in [-0.25, -0.2) is 5.10 Å². The Hall–Kier alpha value is -1.65. The number of nitrogens with one attached hydrogen (secondary N) is 1. The highest BCUT2D eigenvalue weighted by Crippen LogP contribution is 2.21. The van der Waals surface area contributed by atoms with Gasteiger partial charge in [0.25, 0.3) is 0 Å². The minimum absolute atomic E-state index is 0.598. The van der Waals surface area contributed by atoms with Gasteiger partial charge in [-0.2, -0.15) is 0 Å². The highest BCUT2D eigenvalue weighted by atomic mass is 79.9. The fraction of sp³-hybridized carbons (Fsp3) is 0.0667. The van der Waals surface area contributed by atoms with Gasteiger partial charge in [-0.3, -0.25) is 0 Å². The van der Waals surface area contributed by atoms with Gasteiger partial charge in [0, 0.05) is 5.56 Å². The standard InChI is InChI=1S/C15H11BrClN3/c1-10(16)7-12-9-18-20-14(17)8-13(19-15(12)20)11-5-3-2-4-6-11/h2-9H,1H3/p+1/b10-7-. The molecule has 1 aromatic carbocycles. The average Bonchev–Trinajstić information content (AvgIpc) is 2.83. The van der Waals surface area contributed by atoms with Crippen LogP contribution in [-0.2, 0) is 0 Å². The van der Waals surface area contributed by atoms with E-state index in [1.165, 1.54) is 0 Å². The summed E-state index contributed by atoms with van der Waals surface area (Å²) in [5.41, 5.74) is 3.69. The number of rotatable bonds is 2. The van der Waals surface area contributed by atoms with Crippen LogP contribution in [0.5, 0.6) is 0 Å². The van der Waals surface area contributed by atoms with E-state index >= 15 is 0 Å². The van der Waals surface area contributed by atoms with E-state index in [4.69, 9.17) is 16.6 Å². The van der Waals surface area contributed by atoms with Crippen molar-refractivity contribution in [1.29, 1.82) is 0 Å². The number of hydrogen-bond acceptors (Lipinski definition) is 1. The molecule has 0 spiro atoms. The Morgan fingerprint density at radius 2 is 2.10 bits per heavy atom. The van der Waals surface area contributed by atoms with Gasteiger partial charge < -0.3 is 0 Å². The first-order valence-electron chi connectivity index (χ1n) is 6.14. The number of halogens is 2. The summed E-state index contributed by atoms with van der Waals surface area (Å²) in [6.45, 7) is 1.98. The van der Waals surface area contributed by atoms with Crippen LogP contribution in [0.1, 0.15) is 12.5 Å². The molecule has 100 valence electrons. The molecule has 0 bridgehead atoms. The van der Waals surface area contributed by atoms with Gasteiger partial charge in [-0.1, -0.05) is 46.3 Å². The summed E-state index contributed by atoms with van der Waals surface area (Å²) in [5, 5.41) is 3.70. The van der Waals surface area contributed by atoms with Crippen LogP contribution in [0.4, 0.5) is 0 Å². The summed E-state index contributed by atoms with van der Waals surface area (Å²) in [4.78, 5) is 4.70. The molecule has 0 unspecified atom stereocenters. The molecule has 0 atom stereocenters. The number of aromatic amines is 1. The fourth-order valence-electron chi connectivity index (χ4n) is 2.07. The van der Waals surface area contributed by atoms with Crippen LogP contribution < -0.4 is 4.52 Å². The van der Waals surface area contributed by atoms with Gasteiger partial charge in [-0.15, -0.1) is 4.52 Å². The van der Waals surface area contributed by atoms with Crippen LogP contribution in [0.2, 0.25) is 5.15 Å². The van der Waals surface area contributed by atoms with E-state index < -0.39 is 0 Å². The Bertz CT molecular complexity index is 789. The highest BCUT2D eigenvalue weighted by Gasteiger charge is 2.19. The van der Waals surface area contributed by atoms with Crippen LogP contribution in [0.25, 0.3) is 23.0 Å². The number of nitrogens with zero attached hydrogens (tertiary/aromatic N) is 2. The number of benzene rings is 1. The second-order valence-electron chi connectivity index (χ2n) is 4.45. The monoisotopic (exact) mass is 348 g/mol. The fourth-order valence-corrected chi connectivity index (χ4v) is 2.55. The lowest BCUT2D eigenvalue weighted by molar-refractivity contribution is -0.576. The lowest BCUT2D eigenvalue weighted by atomic mass is 10.1. The lowest BCUT2D eigenvalue weighted by Crippen LogP contribution is -2.25. The van der Waals surface area contributed by atoms with E-state index in [1.807, 2.05) is 55.6 Å². The first-order valence-corrected chi connectivity index (χ1v) is 7.31. The zero-order valence-electron chi connectivity index (χ0n) is 10.8. The van der Waals surface area contributed by atoms with Crippen molar-refractivity contribution in [3.63, 3.8) is 0 Å². The molecule has 20 heavy (non-hydrogen) atoms. The molecule has 0 aliphatic rings. The van der Waals surface area contributed by atoms with Crippen molar-refractivity contribution >= 4 is 39.3 Å². The molecule has 0 saturated carbocycles. The molecule has 0 aliphatic heterocycles.